The number of nitrogens with zero attached hydrogens (tertiary/aromatic N) is 3. The highest BCUT2D eigenvalue weighted by molar-refractivity contribution is 8.26. The Labute approximate surface area is 186 Å². The van der Waals surface area contributed by atoms with Crippen LogP contribution in [0.4, 0.5) is 11.5 Å². The van der Waals surface area contributed by atoms with Crippen molar-refractivity contribution >= 4 is 39.4 Å². The number of anilines is 1. The molecule has 0 saturated carbocycles. The molecule has 1 aromatic heterocycles. The van der Waals surface area contributed by atoms with E-state index in [2.05, 4.69) is 26.8 Å². The molecule has 4 N–H and O–H groups in total. The average Bonchev–Trinajstić information content (AvgIpc) is 2.73. The van der Waals surface area contributed by atoms with Crippen LogP contribution in [0.3, 0.4) is 0 Å². The molecule has 31 heavy (non-hydrogen) atoms. The number of nitrogens with two attached hydrogens (primary N) is 1. The van der Waals surface area contributed by atoms with E-state index in [1.54, 1.807) is 6.92 Å². The van der Waals surface area contributed by atoms with Crippen LogP contribution in [0, 0.1) is 5.41 Å². The van der Waals surface area contributed by atoms with Crippen LogP contribution in [0.1, 0.15) is 12.5 Å². The molecule has 2 heterocycles. The lowest BCUT2D eigenvalue weighted by atomic mass is 10.1. The Morgan fingerprint density at radius 1 is 1.39 bits per heavy atom. The van der Waals surface area contributed by atoms with Crippen molar-refractivity contribution in [2.24, 2.45) is 10.7 Å². The number of hydrogen-bond acceptors (Lipinski definition) is 7. The number of amidine groups is 1. The van der Waals surface area contributed by atoms with Crippen molar-refractivity contribution in [1.29, 1.82) is 5.41 Å². The summed E-state index contributed by atoms with van der Waals surface area (Å²) < 4.78 is 5.44. The summed E-state index contributed by atoms with van der Waals surface area (Å²) in [4.78, 5) is 23.0. The van der Waals surface area contributed by atoms with E-state index in [0.717, 1.165) is 61.4 Å². The van der Waals surface area contributed by atoms with E-state index in [9.17, 15) is 4.79 Å². The van der Waals surface area contributed by atoms with Gasteiger partial charge in [0.1, 0.15) is 0 Å². The van der Waals surface area contributed by atoms with Crippen LogP contribution in [0.15, 0.2) is 54.0 Å². The van der Waals surface area contributed by atoms with E-state index >= 15 is 0 Å². The van der Waals surface area contributed by atoms with Crippen molar-refractivity contribution in [3.63, 3.8) is 0 Å². The van der Waals surface area contributed by atoms with E-state index in [1.807, 2.05) is 36.4 Å². The topological polar surface area (TPSA) is 117 Å². The lowest BCUT2D eigenvalue weighted by molar-refractivity contribution is -0.111. The fourth-order valence-electron chi connectivity index (χ4n) is 3.13. The van der Waals surface area contributed by atoms with Crippen LogP contribution < -0.4 is 11.1 Å². The number of aromatic nitrogens is 1. The number of carbonyl (C=O) groups excluding carboxylic acids is 1. The normalized spacial score (nSPS) is 14.8. The van der Waals surface area contributed by atoms with E-state index in [-0.39, 0.29) is 11.1 Å². The molecule has 2 aromatic rings. The maximum Gasteiger partial charge on any atom is 0.247 e. The zero-order valence-corrected chi connectivity index (χ0v) is 18.2. The molecule has 1 saturated heterocycles. The molecule has 0 radical (unpaired) electrons. The molecular formula is C22H26N6O2S. The van der Waals surface area contributed by atoms with Gasteiger partial charge in [-0.2, -0.15) is 0 Å². The molecular weight excluding hydrogens is 412 g/mol. The summed E-state index contributed by atoms with van der Waals surface area (Å²) in [6, 6.07) is 11.4. The van der Waals surface area contributed by atoms with Gasteiger partial charge in [0.2, 0.25) is 5.91 Å². The van der Waals surface area contributed by atoms with Crippen LogP contribution in [-0.2, 0) is 16.1 Å². The maximum absolute atomic E-state index is 11.7. The van der Waals surface area contributed by atoms with Crippen LogP contribution in [-0.4, -0.2) is 52.3 Å². The third kappa shape index (κ3) is 7.02. The Morgan fingerprint density at radius 3 is 2.87 bits per heavy atom. The number of ether oxygens (including phenoxy) is 1. The van der Waals surface area contributed by atoms with Crippen molar-refractivity contribution < 1.29 is 9.53 Å². The summed E-state index contributed by atoms with van der Waals surface area (Å²) in [5.74, 6) is 0.204. The summed E-state index contributed by atoms with van der Waals surface area (Å²) in [5, 5.41) is 11.0. The van der Waals surface area contributed by atoms with E-state index in [4.69, 9.17) is 15.9 Å². The van der Waals surface area contributed by atoms with E-state index in [1.165, 1.54) is 6.08 Å². The summed E-state index contributed by atoms with van der Waals surface area (Å²) >= 11 is 1.09. The smallest absolute Gasteiger partial charge is 0.247 e. The second-order valence-corrected chi connectivity index (χ2v) is 8.22. The van der Waals surface area contributed by atoms with Gasteiger partial charge >= 0.3 is 0 Å². The molecule has 0 atom stereocenters. The third-order valence-corrected chi connectivity index (χ3v) is 5.08. The first-order valence-electron chi connectivity index (χ1n) is 9.85. The number of pyridine rings is 1. The Bertz CT molecular complexity index is 1000. The molecule has 0 bridgehead atoms. The largest absolute Gasteiger partial charge is 0.379 e. The zero-order valence-electron chi connectivity index (χ0n) is 17.4. The van der Waals surface area contributed by atoms with Gasteiger partial charge in [-0.15, -0.1) is 0 Å². The first-order chi connectivity index (χ1) is 14.9. The standard InChI is InChI=1S/C22H26N6O2S/c1-3-21(29)25-18-6-4-5-17(13-18)19-11-16(14-28-7-9-30-10-8-28)12-20(26-19)27-22(24)31-15(2)23/h3-6,11-13,23H,1,7-10,14H2,2H3,(H,25,29)(H2,24,26,27). The highest BCUT2D eigenvalue weighted by Gasteiger charge is 2.13. The number of rotatable bonds is 6. The highest BCUT2D eigenvalue weighted by atomic mass is 32.2. The lowest BCUT2D eigenvalue weighted by Crippen LogP contribution is -2.35. The van der Waals surface area contributed by atoms with Crippen molar-refractivity contribution in [1.82, 2.24) is 9.88 Å². The van der Waals surface area contributed by atoms with E-state index < -0.39 is 0 Å². The Kier molecular flexibility index (Phi) is 7.94. The first-order valence-corrected chi connectivity index (χ1v) is 10.7. The number of carbonyl (C=O) groups is 1. The van der Waals surface area contributed by atoms with Crippen molar-refractivity contribution in [3.05, 3.63) is 54.6 Å². The van der Waals surface area contributed by atoms with Gasteiger partial charge in [0, 0.05) is 30.9 Å². The van der Waals surface area contributed by atoms with Gasteiger partial charge in [0.15, 0.2) is 11.0 Å². The zero-order chi connectivity index (χ0) is 22.2. The summed E-state index contributed by atoms with van der Waals surface area (Å²) in [6.45, 7) is 9.05. The monoisotopic (exact) mass is 438 g/mol. The van der Waals surface area contributed by atoms with Crippen molar-refractivity contribution in [3.8, 4) is 11.3 Å². The van der Waals surface area contributed by atoms with Crippen molar-refractivity contribution in [2.75, 3.05) is 31.6 Å². The minimum atomic E-state index is -0.275. The Hall–Kier alpha value is -3.01. The number of amides is 1. The van der Waals surface area contributed by atoms with Gasteiger partial charge in [-0.25, -0.2) is 9.98 Å². The average molecular weight is 439 g/mol. The predicted octanol–water partition coefficient (Wildman–Crippen LogP) is 3.38. The van der Waals surface area contributed by atoms with Crippen LogP contribution in [0.5, 0.6) is 0 Å². The van der Waals surface area contributed by atoms with Gasteiger partial charge in [-0.3, -0.25) is 15.1 Å². The van der Waals surface area contributed by atoms with Gasteiger partial charge in [0.25, 0.3) is 0 Å². The minimum Gasteiger partial charge on any atom is -0.379 e. The molecule has 1 fully saturated rings. The predicted molar refractivity (Wildman–Crippen MR) is 127 cm³/mol. The number of thioether (sulfide) groups is 1. The molecule has 0 spiro atoms. The summed E-state index contributed by atoms with van der Waals surface area (Å²) in [7, 11) is 0. The highest BCUT2D eigenvalue weighted by Crippen LogP contribution is 2.26. The number of benzene rings is 1. The molecule has 0 unspecified atom stereocenters. The van der Waals surface area contributed by atoms with Crippen LogP contribution in [0.2, 0.25) is 0 Å². The van der Waals surface area contributed by atoms with Gasteiger partial charge in [0.05, 0.1) is 24.0 Å². The van der Waals surface area contributed by atoms with Crippen LogP contribution >= 0.6 is 11.8 Å². The Balaban J connectivity index is 1.95. The minimum absolute atomic E-state index is 0.265. The van der Waals surface area contributed by atoms with Crippen LogP contribution in [0.25, 0.3) is 11.3 Å². The fourth-order valence-corrected chi connectivity index (χ4v) is 3.58. The molecule has 1 aliphatic rings. The van der Waals surface area contributed by atoms with Crippen molar-refractivity contribution in [2.45, 2.75) is 13.5 Å². The summed E-state index contributed by atoms with van der Waals surface area (Å²) in [5.41, 5.74) is 9.25. The number of nitrogens with one attached hydrogen (secondary N) is 2. The summed E-state index contributed by atoms with van der Waals surface area (Å²) in [6.07, 6.45) is 1.23. The molecule has 1 amide bonds. The Morgan fingerprint density at radius 2 is 2.16 bits per heavy atom. The maximum atomic E-state index is 11.7. The number of morpholine rings is 1. The molecule has 162 valence electrons. The number of hydrogen-bond donors (Lipinski definition) is 3. The second kappa shape index (κ2) is 10.9. The fraction of sp³-hybridized carbons (Fsp3) is 0.273. The van der Waals surface area contributed by atoms with Gasteiger partial charge in [-0.1, -0.05) is 18.7 Å². The van der Waals surface area contributed by atoms with E-state index in [0.29, 0.717) is 16.5 Å². The molecule has 0 aliphatic carbocycles. The number of aliphatic imine (C=N–C) groups is 1. The SMILES string of the molecule is C=CC(=O)Nc1cccc(-c2cc(CN3CCOCC3)cc(N=C(N)SC(C)=N)n2)c1. The molecule has 3 rings (SSSR count). The first kappa shape index (κ1) is 22.7. The molecule has 8 nitrogen and oxygen atoms in total. The second-order valence-electron chi connectivity index (χ2n) is 6.99. The van der Waals surface area contributed by atoms with Gasteiger partial charge < -0.3 is 15.8 Å². The molecule has 1 aromatic carbocycles. The third-order valence-electron chi connectivity index (χ3n) is 4.48. The lowest BCUT2D eigenvalue weighted by Gasteiger charge is -2.26. The molecule has 9 heteroatoms. The van der Waals surface area contributed by atoms with Gasteiger partial charge in [-0.05, 0) is 54.6 Å². The quantitative estimate of drug-likeness (QED) is 0.362. The molecule has 1 aliphatic heterocycles.